The van der Waals surface area contributed by atoms with Gasteiger partial charge in [0, 0.05) is 13.2 Å². The summed E-state index contributed by atoms with van der Waals surface area (Å²) in [5.41, 5.74) is 1.07. The molecule has 0 bridgehead atoms. The van der Waals surface area contributed by atoms with Crippen LogP contribution < -0.4 is 0 Å². The van der Waals surface area contributed by atoms with Gasteiger partial charge in [-0.1, -0.05) is 12.1 Å². The van der Waals surface area contributed by atoms with Crippen molar-refractivity contribution in [2.75, 3.05) is 13.2 Å². The zero-order valence-corrected chi connectivity index (χ0v) is 9.72. The molecule has 1 unspecified atom stereocenters. The van der Waals surface area contributed by atoms with E-state index in [0.717, 1.165) is 24.8 Å². The van der Waals surface area contributed by atoms with E-state index >= 15 is 0 Å². The van der Waals surface area contributed by atoms with Crippen LogP contribution in [0.1, 0.15) is 25.3 Å². The first kappa shape index (κ1) is 13.0. The molecule has 0 saturated carbocycles. The van der Waals surface area contributed by atoms with E-state index in [2.05, 4.69) is 0 Å². The summed E-state index contributed by atoms with van der Waals surface area (Å²) < 4.78 is 5.60. The lowest BCUT2D eigenvalue weighted by atomic mass is 10.0. The van der Waals surface area contributed by atoms with E-state index < -0.39 is 0 Å². The van der Waals surface area contributed by atoms with Gasteiger partial charge >= 0.3 is 0 Å². The molecule has 0 aromatic heterocycles. The maximum atomic E-state index is 9.35. The monoisotopic (exact) mass is 224 g/mol. The molecule has 1 aromatic rings. The number of aliphatic hydroxyl groups is 1. The molecular formula is C13H20O3. The minimum Gasteiger partial charge on any atom is -0.508 e. The minimum atomic E-state index is 0.124. The van der Waals surface area contributed by atoms with E-state index in [1.54, 1.807) is 12.1 Å². The fourth-order valence-electron chi connectivity index (χ4n) is 1.75. The zero-order valence-electron chi connectivity index (χ0n) is 9.72. The van der Waals surface area contributed by atoms with E-state index in [1.807, 2.05) is 19.1 Å². The summed E-state index contributed by atoms with van der Waals surface area (Å²) in [6.45, 7) is 2.84. The molecule has 16 heavy (non-hydrogen) atoms. The number of aromatic hydroxyl groups is 1. The highest BCUT2D eigenvalue weighted by Gasteiger charge is 2.09. The van der Waals surface area contributed by atoms with Gasteiger partial charge in [0.2, 0.25) is 0 Å². The fraction of sp³-hybridized carbons (Fsp3) is 0.538. The van der Waals surface area contributed by atoms with Crippen LogP contribution >= 0.6 is 0 Å². The summed E-state index contributed by atoms with van der Waals surface area (Å²) in [6.07, 6.45) is 2.50. The van der Waals surface area contributed by atoms with Crippen molar-refractivity contribution in [1.29, 1.82) is 0 Å². The second-order valence-electron chi connectivity index (χ2n) is 3.82. The molecule has 0 aliphatic carbocycles. The van der Waals surface area contributed by atoms with Gasteiger partial charge in [0.15, 0.2) is 0 Å². The van der Waals surface area contributed by atoms with E-state index in [0.29, 0.717) is 6.61 Å². The minimum absolute atomic E-state index is 0.124. The Labute approximate surface area is 96.7 Å². The SMILES string of the molecule is CCOC(CCCO)Cc1cccc(O)c1. The number of rotatable bonds is 7. The van der Waals surface area contributed by atoms with Crippen molar-refractivity contribution in [2.24, 2.45) is 0 Å². The van der Waals surface area contributed by atoms with Crippen LogP contribution in [0.3, 0.4) is 0 Å². The number of ether oxygens (including phenoxy) is 1. The number of phenols is 1. The van der Waals surface area contributed by atoms with E-state index in [-0.39, 0.29) is 18.5 Å². The van der Waals surface area contributed by atoms with Crippen molar-refractivity contribution in [3.63, 3.8) is 0 Å². The topological polar surface area (TPSA) is 49.7 Å². The molecule has 2 N–H and O–H groups in total. The fourth-order valence-corrected chi connectivity index (χ4v) is 1.75. The Hall–Kier alpha value is -1.06. The lowest BCUT2D eigenvalue weighted by Gasteiger charge is -2.16. The van der Waals surface area contributed by atoms with Gasteiger partial charge in [0.1, 0.15) is 5.75 Å². The predicted octanol–water partition coefficient (Wildman–Crippen LogP) is 2.11. The van der Waals surface area contributed by atoms with Crippen LogP contribution in [0.4, 0.5) is 0 Å². The third-order valence-electron chi connectivity index (χ3n) is 2.46. The van der Waals surface area contributed by atoms with Crippen LogP contribution in [0.15, 0.2) is 24.3 Å². The van der Waals surface area contributed by atoms with Crippen LogP contribution in [0.25, 0.3) is 0 Å². The second-order valence-corrected chi connectivity index (χ2v) is 3.82. The Kier molecular flexibility index (Phi) is 5.90. The molecule has 90 valence electrons. The Morgan fingerprint density at radius 3 is 2.81 bits per heavy atom. The maximum Gasteiger partial charge on any atom is 0.115 e. The molecule has 0 aliphatic rings. The third-order valence-corrected chi connectivity index (χ3v) is 2.46. The predicted molar refractivity (Wildman–Crippen MR) is 63.5 cm³/mol. The Balaban J connectivity index is 2.52. The number of phenolic OH excluding ortho intramolecular Hbond substituents is 1. The lowest BCUT2D eigenvalue weighted by molar-refractivity contribution is 0.0520. The summed E-state index contributed by atoms with van der Waals surface area (Å²) in [6, 6.07) is 7.22. The van der Waals surface area contributed by atoms with E-state index in [1.165, 1.54) is 0 Å². The van der Waals surface area contributed by atoms with Crippen LogP contribution in [0.2, 0.25) is 0 Å². The summed E-state index contributed by atoms with van der Waals surface area (Å²) in [7, 11) is 0. The van der Waals surface area contributed by atoms with Gasteiger partial charge in [-0.25, -0.2) is 0 Å². The smallest absolute Gasteiger partial charge is 0.115 e. The quantitative estimate of drug-likeness (QED) is 0.745. The molecule has 3 nitrogen and oxygen atoms in total. The summed E-state index contributed by atoms with van der Waals surface area (Å²) in [4.78, 5) is 0. The van der Waals surface area contributed by atoms with Crippen molar-refractivity contribution in [1.82, 2.24) is 0 Å². The van der Waals surface area contributed by atoms with Crippen LogP contribution in [0, 0.1) is 0 Å². The van der Waals surface area contributed by atoms with Gasteiger partial charge in [-0.15, -0.1) is 0 Å². The van der Waals surface area contributed by atoms with Gasteiger partial charge in [-0.2, -0.15) is 0 Å². The molecule has 1 atom stereocenters. The maximum absolute atomic E-state index is 9.35. The molecule has 0 amide bonds. The molecule has 0 spiro atoms. The van der Waals surface area contributed by atoms with Gasteiger partial charge in [-0.3, -0.25) is 0 Å². The Bertz CT molecular complexity index is 299. The first-order chi connectivity index (χ1) is 7.76. The molecule has 1 rings (SSSR count). The molecule has 0 fully saturated rings. The van der Waals surface area contributed by atoms with Crippen LogP contribution in [-0.2, 0) is 11.2 Å². The largest absolute Gasteiger partial charge is 0.508 e. The number of aliphatic hydroxyl groups excluding tert-OH is 1. The zero-order chi connectivity index (χ0) is 11.8. The summed E-state index contributed by atoms with van der Waals surface area (Å²) in [5.74, 6) is 0.287. The summed E-state index contributed by atoms with van der Waals surface area (Å²) in [5, 5.41) is 18.1. The second kappa shape index (κ2) is 7.25. The number of hydrogen-bond donors (Lipinski definition) is 2. The summed E-state index contributed by atoms with van der Waals surface area (Å²) >= 11 is 0. The third kappa shape index (κ3) is 4.64. The highest BCUT2D eigenvalue weighted by Crippen LogP contribution is 2.15. The van der Waals surface area contributed by atoms with Crippen molar-refractivity contribution in [3.8, 4) is 5.75 Å². The Morgan fingerprint density at radius 2 is 2.19 bits per heavy atom. The van der Waals surface area contributed by atoms with Crippen molar-refractivity contribution in [2.45, 2.75) is 32.3 Å². The highest BCUT2D eigenvalue weighted by molar-refractivity contribution is 5.27. The molecule has 0 saturated heterocycles. The van der Waals surface area contributed by atoms with Crippen molar-refractivity contribution >= 4 is 0 Å². The van der Waals surface area contributed by atoms with Gasteiger partial charge in [0.25, 0.3) is 0 Å². The van der Waals surface area contributed by atoms with Crippen molar-refractivity contribution in [3.05, 3.63) is 29.8 Å². The standard InChI is InChI=1S/C13H20O3/c1-2-16-13(7-4-8-14)10-11-5-3-6-12(15)9-11/h3,5-6,9,13-15H,2,4,7-8,10H2,1H3. The average Bonchev–Trinajstić information content (AvgIpc) is 2.26. The van der Waals surface area contributed by atoms with E-state index in [4.69, 9.17) is 9.84 Å². The van der Waals surface area contributed by atoms with E-state index in [9.17, 15) is 5.11 Å². The number of hydrogen-bond acceptors (Lipinski definition) is 3. The molecule has 0 radical (unpaired) electrons. The highest BCUT2D eigenvalue weighted by atomic mass is 16.5. The average molecular weight is 224 g/mol. The molecular weight excluding hydrogens is 204 g/mol. The van der Waals surface area contributed by atoms with Crippen molar-refractivity contribution < 1.29 is 14.9 Å². The molecule has 1 aromatic carbocycles. The van der Waals surface area contributed by atoms with Gasteiger partial charge in [-0.05, 0) is 43.9 Å². The number of benzene rings is 1. The normalized spacial score (nSPS) is 12.6. The van der Waals surface area contributed by atoms with Gasteiger partial charge < -0.3 is 14.9 Å². The first-order valence-electron chi connectivity index (χ1n) is 5.76. The molecule has 0 aliphatic heterocycles. The first-order valence-corrected chi connectivity index (χ1v) is 5.76. The Morgan fingerprint density at radius 1 is 1.38 bits per heavy atom. The molecule has 0 heterocycles. The lowest BCUT2D eigenvalue weighted by Crippen LogP contribution is -2.16. The molecule has 3 heteroatoms. The van der Waals surface area contributed by atoms with Crippen LogP contribution in [-0.4, -0.2) is 29.5 Å². The van der Waals surface area contributed by atoms with Gasteiger partial charge in [0.05, 0.1) is 6.10 Å². The van der Waals surface area contributed by atoms with Crippen LogP contribution in [0.5, 0.6) is 5.75 Å².